The SMILES string of the molecule is Cc1nc(Nc2cnn(C)c2)nc2c1CCN2Cc1cccc(NC#N)c1. The van der Waals surface area contributed by atoms with Gasteiger partial charge < -0.3 is 10.2 Å². The van der Waals surface area contributed by atoms with Crippen LogP contribution in [0.5, 0.6) is 0 Å². The molecule has 2 N–H and O–H groups in total. The largest absolute Gasteiger partial charge is 0.352 e. The minimum Gasteiger partial charge on any atom is -0.352 e. The molecule has 1 aromatic carbocycles. The second kappa shape index (κ2) is 6.96. The van der Waals surface area contributed by atoms with Crippen molar-refractivity contribution >= 4 is 23.1 Å². The molecular weight excluding hydrogens is 340 g/mol. The maximum absolute atomic E-state index is 8.81. The van der Waals surface area contributed by atoms with Crippen molar-refractivity contribution in [3.05, 3.63) is 53.5 Å². The van der Waals surface area contributed by atoms with E-state index in [2.05, 4.69) is 31.7 Å². The third-order valence-electron chi connectivity index (χ3n) is 4.58. The Hall–Kier alpha value is -3.60. The van der Waals surface area contributed by atoms with Gasteiger partial charge in [-0.3, -0.25) is 10.00 Å². The van der Waals surface area contributed by atoms with Crippen molar-refractivity contribution in [2.45, 2.75) is 19.9 Å². The molecular formula is C19H20N8. The molecule has 3 heterocycles. The Morgan fingerprint density at radius 3 is 2.93 bits per heavy atom. The first-order chi connectivity index (χ1) is 13.1. The molecule has 0 bridgehead atoms. The first-order valence-corrected chi connectivity index (χ1v) is 8.74. The smallest absolute Gasteiger partial charge is 0.229 e. The topological polar surface area (TPSA) is 94.7 Å². The number of aryl methyl sites for hydroxylation is 2. The van der Waals surface area contributed by atoms with E-state index in [0.717, 1.165) is 48.0 Å². The zero-order chi connectivity index (χ0) is 18.8. The Kier molecular flexibility index (Phi) is 4.34. The lowest BCUT2D eigenvalue weighted by Crippen LogP contribution is -2.21. The van der Waals surface area contributed by atoms with E-state index in [0.29, 0.717) is 5.95 Å². The molecule has 136 valence electrons. The quantitative estimate of drug-likeness (QED) is 0.533. The second-order valence-corrected chi connectivity index (χ2v) is 6.57. The highest BCUT2D eigenvalue weighted by atomic mass is 15.3. The molecule has 0 fully saturated rings. The van der Waals surface area contributed by atoms with Gasteiger partial charge in [0.25, 0.3) is 0 Å². The van der Waals surface area contributed by atoms with Crippen LogP contribution < -0.4 is 15.5 Å². The normalized spacial score (nSPS) is 12.6. The monoisotopic (exact) mass is 360 g/mol. The van der Waals surface area contributed by atoms with E-state index in [9.17, 15) is 0 Å². The van der Waals surface area contributed by atoms with E-state index in [1.807, 2.05) is 44.6 Å². The number of nitriles is 1. The van der Waals surface area contributed by atoms with Crippen LogP contribution in [0, 0.1) is 18.4 Å². The molecule has 27 heavy (non-hydrogen) atoms. The van der Waals surface area contributed by atoms with Crippen LogP contribution in [-0.4, -0.2) is 26.3 Å². The van der Waals surface area contributed by atoms with Crippen LogP contribution in [0.15, 0.2) is 36.7 Å². The second-order valence-electron chi connectivity index (χ2n) is 6.57. The van der Waals surface area contributed by atoms with Gasteiger partial charge in [0.05, 0.1) is 11.9 Å². The zero-order valence-electron chi connectivity index (χ0n) is 15.3. The number of rotatable bonds is 5. The highest BCUT2D eigenvalue weighted by molar-refractivity contribution is 5.60. The number of hydrogen-bond acceptors (Lipinski definition) is 7. The van der Waals surface area contributed by atoms with Crippen LogP contribution in [0.1, 0.15) is 16.8 Å². The summed E-state index contributed by atoms with van der Waals surface area (Å²) in [6, 6.07) is 7.88. The molecule has 0 saturated carbocycles. The minimum atomic E-state index is 0.575. The standard InChI is InChI=1S/C19H20N8/c1-13-17-6-7-27(10-14-4-3-5-15(8-14)21-12-20)18(17)25-19(23-13)24-16-9-22-26(2)11-16/h3-5,8-9,11,21H,6-7,10H2,1-2H3,(H,23,24,25). The van der Waals surface area contributed by atoms with Crippen LogP contribution >= 0.6 is 0 Å². The van der Waals surface area contributed by atoms with Crippen LogP contribution in [0.3, 0.4) is 0 Å². The van der Waals surface area contributed by atoms with E-state index in [-0.39, 0.29) is 0 Å². The van der Waals surface area contributed by atoms with Crippen molar-refractivity contribution in [1.29, 1.82) is 5.26 Å². The third-order valence-corrected chi connectivity index (χ3v) is 4.58. The molecule has 8 nitrogen and oxygen atoms in total. The number of benzene rings is 1. The Morgan fingerprint density at radius 2 is 2.15 bits per heavy atom. The molecule has 1 aliphatic heterocycles. The molecule has 0 spiro atoms. The molecule has 0 radical (unpaired) electrons. The van der Waals surface area contributed by atoms with Gasteiger partial charge in [0.15, 0.2) is 6.19 Å². The van der Waals surface area contributed by atoms with Crippen LogP contribution in [0.4, 0.5) is 23.1 Å². The van der Waals surface area contributed by atoms with Gasteiger partial charge in [-0.15, -0.1) is 0 Å². The van der Waals surface area contributed by atoms with Gasteiger partial charge in [0.2, 0.25) is 5.95 Å². The van der Waals surface area contributed by atoms with Gasteiger partial charge in [-0.1, -0.05) is 12.1 Å². The molecule has 2 aromatic heterocycles. The predicted molar refractivity (Wildman–Crippen MR) is 104 cm³/mol. The number of nitrogens with one attached hydrogen (secondary N) is 2. The van der Waals surface area contributed by atoms with E-state index in [4.69, 9.17) is 10.2 Å². The van der Waals surface area contributed by atoms with E-state index in [1.165, 1.54) is 5.56 Å². The predicted octanol–water partition coefficient (Wildman–Crippen LogP) is 2.72. The number of fused-ring (bicyclic) bond motifs is 1. The highest BCUT2D eigenvalue weighted by Gasteiger charge is 2.24. The summed E-state index contributed by atoms with van der Waals surface area (Å²) in [5, 5.41) is 18.9. The van der Waals surface area contributed by atoms with Gasteiger partial charge in [-0.2, -0.15) is 15.3 Å². The van der Waals surface area contributed by atoms with E-state index < -0.39 is 0 Å². The lowest BCUT2D eigenvalue weighted by Gasteiger charge is -2.19. The fourth-order valence-corrected chi connectivity index (χ4v) is 3.34. The van der Waals surface area contributed by atoms with Gasteiger partial charge in [-0.05, 0) is 31.0 Å². The van der Waals surface area contributed by atoms with Crippen LogP contribution in [-0.2, 0) is 20.0 Å². The average molecular weight is 360 g/mol. The molecule has 0 atom stereocenters. The molecule has 4 rings (SSSR count). The summed E-state index contributed by atoms with van der Waals surface area (Å²) in [6.07, 6.45) is 6.53. The van der Waals surface area contributed by atoms with Gasteiger partial charge in [0.1, 0.15) is 5.82 Å². The van der Waals surface area contributed by atoms with Crippen molar-refractivity contribution in [2.75, 3.05) is 22.1 Å². The Bertz CT molecular complexity index is 1020. The summed E-state index contributed by atoms with van der Waals surface area (Å²) >= 11 is 0. The van der Waals surface area contributed by atoms with E-state index in [1.54, 1.807) is 10.9 Å². The van der Waals surface area contributed by atoms with Crippen molar-refractivity contribution in [2.24, 2.45) is 7.05 Å². The first-order valence-electron chi connectivity index (χ1n) is 8.74. The summed E-state index contributed by atoms with van der Waals surface area (Å²) in [5.41, 5.74) is 4.97. The van der Waals surface area contributed by atoms with E-state index >= 15 is 0 Å². The zero-order valence-corrected chi connectivity index (χ0v) is 15.3. The molecule has 0 unspecified atom stereocenters. The summed E-state index contributed by atoms with van der Waals surface area (Å²) in [5.74, 6) is 1.54. The third kappa shape index (κ3) is 3.53. The lowest BCUT2D eigenvalue weighted by atomic mass is 10.2. The molecule has 0 amide bonds. The maximum Gasteiger partial charge on any atom is 0.229 e. The average Bonchev–Trinajstić information content (AvgIpc) is 3.22. The first kappa shape index (κ1) is 16.8. The van der Waals surface area contributed by atoms with Crippen molar-refractivity contribution < 1.29 is 0 Å². The minimum absolute atomic E-state index is 0.575. The lowest BCUT2D eigenvalue weighted by molar-refractivity contribution is 0.768. The van der Waals surface area contributed by atoms with Crippen molar-refractivity contribution in [3.8, 4) is 6.19 Å². The van der Waals surface area contributed by atoms with Crippen molar-refractivity contribution in [1.82, 2.24) is 19.7 Å². The van der Waals surface area contributed by atoms with Crippen LogP contribution in [0.25, 0.3) is 0 Å². The fraction of sp³-hybridized carbons (Fsp3) is 0.263. The molecule has 8 heteroatoms. The fourth-order valence-electron chi connectivity index (χ4n) is 3.34. The Morgan fingerprint density at radius 1 is 1.26 bits per heavy atom. The summed E-state index contributed by atoms with van der Waals surface area (Å²) in [6.45, 7) is 3.66. The number of anilines is 4. The molecule has 0 aliphatic carbocycles. The molecule has 1 aliphatic rings. The van der Waals surface area contributed by atoms with Gasteiger partial charge >= 0.3 is 0 Å². The maximum atomic E-state index is 8.81. The number of hydrogen-bond donors (Lipinski definition) is 2. The van der Waals surface area contributed by atoms with Crippen molar-refractivity contribution in [3.63, 3.8) is 0 Å². The summed E-state index contributed by atoms with van der Waals surface area (Å²) < 4.78 is 1.73. The number of aromatic nitrogens is 4. The molecule has 3 aromatic rings. The van der Waals surface area contributed by atoms with Gasteiger partial charge in [0, 0.05) is 43.3 Å². The molecule has 0 saturated heterocycles. The number of nitrogens with zero attached hydrogens (tertiary/aromatic N) is 6. The Labute approximate surface area is 157 Å². The summed E-state index contributed by atoms with van der Waals surface area (Å²) in [4.78, 5) is 11.6. The highest BCUT2D eigenvalue weighted by Crippen LogP contribution is 2.31. The van der Waals surface area contributed by atoms with Gasteiger partial charge in [-0.25, -0.2) is 4.98 Å². The summed E-state index contributed by atoms with van der Waals surface area (Å²) in [7, 11) is 1.87. The van der Waals surface area contributed by atoms with Crippen LogP contribution in [0.2, 0.25) is 0 Å². The Balaban J connectivity index is 1.58.